The van der Waals surface area contributed by atoms with Gasteiger partial charge < -0.3 is 10.3 Å². The normalized spacial score (nSPS) is 11.0. The predicted molar refractivity (Wildman–Crippen MR) is 93.4 cm³/mol. The molecule has 0 saturated heterocycles. The SMILES string of the molecule is O=C(NCc1c[nH]c2ccccc12)c1ccc2ccccc2c1. The summed E-state index contributed by atoms with van der Waals surface area (Å²) in [4.78, 5) is 15.6. The molecule has 0 unspecified atom stereocenters. The zero-order valence-corrected chi connectivity index (χ0v) is 12.5. The Balaban J connectivity index is 1.55. The zero-order chi connectivity index (χ0) is 15.6. The molecule has 23 heavy (non-hydrogen) atoms. The molecule has 2 N–H and O–H groups in total. The molecule has 0 radical (unpaired) electrons. The number of carbonyl (C=O) groups excluding carboxylic acids is 1. The fourth-order valence-corrected chi connectivity index (χ4v) is 2.89. The van der Waals surface area contributed by atoms with E-state index in [0.717, 1.165) is 27.2 Å². The van der Waals surface area contributed by atoms with Gasteiger partial charge in [0, 0.05) is 29.2 Å². The van der Waals surface area contributed by atoms with Gasteiger partial charge in [-0.2, -0.15) is 0 Å². The van der Waals surface area contributed by atoms with Crippen LogP contribution in [0.4, 0.5) is 0 Å². The Labute approximate surface area is 134 Å². The van der Waals surface area contributed by atoms with E-state index in [2.05, 4.69) is 16.4 Å². The number of carbonyl (C=O) groups is 1. The first-order valence-electron chi connectivity index (χ1n) is 7.63. The van der Waals surface area contributed by atoms with Crippen LogP contribution in [0.5, 0.6) is 0 Å². The van der Waals surface area contributed by atoms with Crippen LogP contribution >= 0.6 is 0 Å². The minimum Gasteiger partial charge on any atom is -0.361 e. The summed E-state index contributed by atoms with van der Waals surface area (Å²) in [5.74, 6) is -0.0546. The number of rotatable bonds is 3. The largest absolute Gasteiger partial charge is 0.361 e. The van der Waals surface area contributed by atoms with E-state index in [1.807, 2.05) is 66.9 Å². The summed E-state index contributed by atoms with van der Waals surface area (Å²) in [7, 11) is 0. The molecule has 0 aliphatic heterocycles. The highest BCUT2D eigenvalue weighted by Gasteiger charge is 2.08. The summed E-state index contributed by atoms with van der Waals surface area (Å²) in [5.41, 5.74) is 2.86. The Morgan fingerprint density at radius 1 is 0.913 bits per heavy atom. The van der Waals surface area contributed by atoms with Crippen LogP contribution in [0, 0.1) is 0 Å². The van der Waals surface area contributed by atoms with Crippen LogP contribution in [0.2, 0.25) is 0 Å². The Kier molecular flexibility index (Phi) is 3.31. The van der Waals surface area contributed by atoms with E-state index in [-0.39, 0.29) is 5.91 Å². The van der Waals surface area contributed by atoms with Gasteiger partial charge in [0.2, 0.25) is 0 Å². The van der Waals surface area contributed by atoms with Crippen molar-refractivity contribution in [2.24, 2.45) is 0 Å². The van der Waals surface area contributed by atoms with Crippen molar-refractivity contribution in [3.05, 3.63) is 84.1 Å². The monoisotopic (exact) mass is 300 g/mol. The molecular formula is C20H16N2O. The summed E-state index contributed by atoms with van der Waals surface area (Å²) < 4.78 is 0. The Morgan fingerprint density at radius 2 is 1.70 bits per heavy atom. The van der Waals surface area contributed by atoms with E-state index in [9.17, 15) is 4.79 Å². The van der Waals surface area contributed by atoms with Crippen LogP contribution in [-0.4, -0.2) is 10.9 Å². The third-order valence-electron chi connectivity index (χ3n) is 4.13. The van der Waals surface area contributed by atoms with Crippen LogP contribution in [-0.2, 0) is 6.54 Å². The number of aromatic amines is 1. The standard InChI is InChI=1S/C20H16N2O/c23-20(16-10-9-14-5-1-2-6-15(14)11-16)22-13-17-12-21-19-8-4-3-7-18(17)19/h1-12,21H,13H2,(H,22,23). The molecule has 1 amide bonds. The molecule has 0 saturated carbocycles. The molecule has 0 spiro atoms. The molecule has 0 bridgehead atoms. The lowest BCUT2D eigenvalue weighted by molar-refractivity contribution is 0.0951. The van der Waals surface area contributed by atoms with Gasteiger partial charge >= 0.3 is 0 Å². The third kappa shape index (κ3) is 2.57. The highest BCUT2D eigenvalue weighted by molar-refractivity contribution is 5.98. The maximum Gasteiger partial charge on any atom is 0.251 e. The van der Waals surface area contributed by atoms with E-state index in [1.54, 1.807) is 0 Å². The lowest BCUT2D eigenvalue weighted by atomic mass is 10.1. The van der Waals surface area contributed by atoms with Crippen molar-refractivity contribution in [2.45, 2.75) is 6.54 Å². The number of hydrogen-bond donors (Lipinski definition) is 2. The van der Waals surface area contributed by atoms with Gasteiger partial charge in [-0.05, 0) is 34.5 Å². The van der Waals surface area contributed by atoms with Crippen molar-refractivity contribution in [2.75, 3.05) is 0 Å². The van der Waals surface area contributed by atoms with E-state index in [1.165, 1.54) is 0 Å². The van der Waals surface area contributed by atoms with Crippen LogP contribution in [0.25, 0.3) is 21.7 Å². The van der Waals surface area contributed by atoms with Crippen molar-refractivity contribution < 1.29 is 4.79 Å². The molecule has 0 aliphatic carbocycles. The van der Waals surface area contributed by atoms with E-state index >= 15 is 0 Å². The molecule has 4 rings (SSSR count). The van der Waals surface area contributed by atoms with Gasteiger partial charge in [0.25, 0.3) is 5.91 Å². The summed E-state index contributed by atoms with van der Waals surface area (Å²) in [5, 5.41) is 6.36. The second-order valence-electron chi connectivity index (χ2n) is 5.60. The lowest BCUT2D eigenvalue weighted by Gasteiger charge is -2.06. The van der Waals surface area contributed by atoms with Crippen molar-refractivity contribution in [1.82, 2.24) is 10.3 Å². The van der Waals surface area contributed by atoms with Gasteiger partial charge in [-0.15, -0.1) is 0 Å². The molecule has 1 heterocycles. The summed E-state index contributed by atoms with van der Waals surface area (Å²) in [6.45, 7) is 0.510. The molecule has 4 aromatic rings. The molecule has 1 aromatic heterocycles. The molecule has 3 aromatic carbocycles. The molecule has 0 atom stereocenters. The highest BCUT2D eigenvalue weighted by Crippen LogP contribution is 2.18. The van der Waals surface area contributed by atoms with Crippen molar-refractivity contribution >= 4 is 27.6 Å². The molecule has 0 aliphatic rings. The van der Waals surface area contributed by atoms with Crippen LogP contribution in [0.1, 0.15) is 15.9 Å². The summed E-state index contributed by atoms with van der Waals surface area (Å²) >= 11 is 0. The molecule has 3 heteroatoms. The van der Waals surface area contributed by atoms with Crippen molar-refractivity contribution in [3.8, 4) is 0 Å². The average Bonchev–Trinajstić information content (AvgIpc) is 3.02. The first kappa shape index (κ1) is 13.6. The van der Waals surface area contributed by atoms with Gasteiger partial charge in [0.1, 0.15) is 0 Å². The Bertz CT molecular complexity index is 1000. The topological polar surface area (TPSA) is 44.9 Å². The van der Waals surface area contributed by atoms with Crippen molar-refractivity contribution in [1.29, 1.82) is 0 Å². The molecule has 0 fully saturated rings. The molecule has 3 nitrogen and oxygen atoms in total. The first-order valence-corrected chi connectivity index (χ1v) is 7.63. The van der Waals surface area contributed by atoms with E-state index in [0.29, 0.717) is 12.1 Å². The quantitative estimate of drug-likeness (QED) is 0.583. The Hall–Kier alpha value is -3.07. The summed E-state index contributed by atoms with van der Waals surface area (Å²) in [6, 6.07) is 21.9. The zero-order valence-electron chi connectivity index (χ0n) is 12.5. The maximum absolute atomic E-state index is 12.4. The summed E-state index contributed by atoms with van der Waals surface area (Å²) in [6.07, 6.45) is 1.95. The number of para-hydroxylation sites is 1. The number of benzene rings is 3. The number of aromatic nitrogens is 1. The fourth-order valence-electron chi connectivity index (χ4n) is 2.89. The second kappa shape index (κ2) is 5.61. The number of amides is 1. The first-order chi connectivity index (χ1) is 11.3. The van der Waals surface area contributed by atoms with Gasteiger partial charge in [-0.1, -0.05) is 48.5 Å². The van der Waals surface area contributed by atoms with Gasteiger partial charge in [0.15, 0.2) is 0 Å². The van der Waals surface area contributed by atoms with E-state index in [4.69, 9.17) is 0 Å². The Morgan fingerprint density at radius 3 is 2.61 bits per heavy atom. The predicted octanol–water partition coefficient (Wildman–Crippen LogP) is 4.25. The van der Waals surface area contributed by atoms with Crippen molar-refractivity contribution in [3.63, 3.8) is 0 Å². The van der Waals surface area contributed by atoms with Crippen LogP contribution in [0.15, 0.2) is 72.9 Å². The van der Waals surface area contributed by atoms with Crippen LogP contribution in [0.3, 0.4) is 0 Å². The van der Waals surface area contributed by atoms with Crippen LogP contribution < -0.4 is 5.32 Å². The number of nitrogens with one attached hydrogen (secondary N) is 2. The lowest BCUT2D eigenvalue weighted by Crippen LogP contribution is -2.22. The smallest absolute Gasteiger partial charge is 0.251 e. The van der Waals surface area contributed by atoms with Gasteiger partial charge in [-0.25, -0.2) is 0 Å². The average molecular weight is 300 g/mol. The number of H-pyrrole nitrogens is 1. The number of fused-ring (bicyclic) bond motifs is 2. The van der Waals surface area contributed by atoms with Gasteiger partial charge in [0.05, 0.1) is 0 Å². The fraction of sp³-hybridized carbons (Fsp3) is 0.0500. The van der Waals surface area contributed by atoms with Gasteiger partial charge in [-0.3, -0.25) is 4.79 Å². The minimum atomic E-state index is -0.0546. The molecular weight excluding hydrogens is 284 g/mol. The highest BCUT2D eigenvalue weighted by atomic mass is 16.1. The minimum absolute atomic E-state index is 0.0546. The third-order valence-corrected chi connectivity index (χ3v) is 4.13. The molecule has 112 valence electrons. The maximum atomic E-state index is 12.4. The number of hydrogen-bond acceptors (Lipinski definition) is 1. The van der Waals surface area contributed by atoms with E-state index < -0.39 is 0 Å². The second-order valence-corrected chi connectivity index (χ2v) is 5.60.